The molecule has 0 aromatic carbocycles. The number of nitrogens with one attached hydrogen (secondary N) is 1. The molecule has 2 aromatic rings. The maximum Gasteiger partial charge on any atom is 0.254 e. The number of carbonyl (C=O) groups is 1. The Balaban J connectivity index is 1.73. The summed E-state index contributed by atoms with van der Waals surface area (Å²) in [4.78, 5) is 24.1. The van der Waals surface area contributed by atoms with Crippen molar-refractivity contribution in [1.29, 1.82) is 0 Å². The van der Waals surface area contributed by atoms with Gasteiger partial charge in [-0.2, -0.15) is 0 Å². The number of aryl methyl sites for hydroxylation is 3. The lowest BCUT2D eigenvalue weighted by Crippen LogP contribution is -2.25. The molecule has 19 heavy (non-hydrogen) atoms. The molecule has 5 nitrogen and oxygen atoms in total. The largest absolute Gasteiger partial charge is 0.352 e. The summed E-state index contributed by atoms with van der Waals surface area (Å²) in [7, 11) is 0. The second-order valence-electron chi connectivity index (χ2n) is 4.26. The van der Waals surface area contributed by atoms with Gasteiger partial charge in [0.05, 0.1) is 10.6 Å². The fourth-order valence-electron chi connectivity index (χ4n) is 1.57. The predicted octanol–water partition coefficient (Wildman–Crippen LogP) is 1.91. The fourth-order valence-corrected chi connectivity index (χ4v) is 2.39. The topological polar surface area (TPSA) is 67.8 Å². The van der Waals surface area contributed by atoms with Crippen molar-refractivity contribution in [2.24, 2.45) is 0 Å². The van der Waals surface area contributed by atoms with Crippen LogP contribution in [0.2, 0.25) is 0 Å². The fraction of sp³-hybridized carbons (Fsp3) is 0.385. The van der Waals surface area contributed by atoms with E-state index in [1.54, 1.807) is 30.7 Å². The third kappa shape index (κ3) is 4.10. The maximum atomic E-state index is 11.8. The smallest absolute Gasteiger partial charge is 0.254 e. The van der Waals surface area contributed by atoms with E-state index >= 15 is 0 Å². The highest BCUT2D eigenvalue weighted by Crippen LogP contribution is 2.10. The molecule has 2 heterocycles. The molecule has 0 radical (unpaired) electrons. The Morgan fingerprint density at radius 3 is 2.68 bits per heavy atom. The van der Waals surface area contributed by atoms with Crippen LogP contribution in [0.25, 0.3) is 0 Å². The Hall–Kier alpha value is -1.82. The van der Waals surface area contributed by atoms with Crippen LogP contribution in [0.15, 0.2) is 17.8 Å². The lowest BCUT2D eigenvalue weighted by Gasteiger charge is -2.03. The van der Waals surface area contributed by atoms with Crippen LogP contribution >= 0.6 is 11.3 Å². The average molecular weight is 276 g/mol. The maximum absolute atomic E-state index is 11.8. The van der Waals surface area contributed by atoms with Crippen molar-refractivity contribution in [2.75, 3.05) is 6.54 Å². The van der Waals surface area contributed by atoms with E-state index in [0.29, 0.717) is 17.9 Å². The first kappa shape index (κ1) is 13.6. The van der Waals surface area contributed by atoms with Crippen LogP contribution in [0, 0.1) is 13.8 Å². The van der Waals surface area contributed by atoms with Crippen LogP contribution < -0.4 is 5.32 Å². The SMILES string of the molecule is Cc1csc(CCCNC(=O)c2cnc(C)nc2)n1. The summed E-state index contributed by atoms with van der Waals surface area (Å²) in [5.41, 5.74) is 1.55. The molecule has 2 aromatic heterocycles. The normalized spacial score (nSPS) is 10.4. The van der Waals surface area contributed by atoms with Crippen molar-refractivity contribution >= 4 is 17.2 Å². The van der Waals surface area contributed by atoms with Crippen LogP contribution in [-0.2, 0) is 6.42 Å². The quantitative estimate of drug-likeness (QED) is 0.847. The minimum atomic E-state index is -0.129. The monoisotopic (exact) mass is 276 g/mol. The van der Waals surface area contributed by atoms with E-state index < -0.39 is 0 Å². The van der Waals surface area contributed by atoms with Gasteiger partial charge in [-0.25, -0.2) is 15.0 Å². The Bertz CT molecular complexity index is 550. The van der Waals surface area contributed by atoms with E-state index in [1.165, 1.54) is 0 Å². The lowest BCUT2D eigenvalue weighted by molar-refractivity contribution is 0.0952. The molecule has 0 aliphatic rings. The molecule has 0 saturated carbocycles. The first-order valence-corrected chi connectivity index (χ1v) is 7.01. The van der Waals surface area contributed by atoms with Crippen molar-refractivity contribution in [3.05, 3.63) is 39.9 Å². The predicted molar refractivity (Wildman–Crippen MR) is 74.3 cm³/mol. The van der Waals surface area contributed by atoms with Gasteiger partial charge in [-0.3, -0.25) is 4.79 Å². The molecule has 0 fully saturated rings. The molecule has 0 aliphatic heterocycles. The summed E-state index contributed by atoms with van der Waals surface area (Å²) in [6.07, 6.45) is 4.86. The average Bonchev–Trinajstić information content (AvgIpc) is 2.81. The minimum absolute atomic E-state index is 0.129. The number of hydrogen-bond donors (Lipinski definition) is 1. The number of carbonyl (C=O) groups excluding carboxylic acids is 1. The van der Waals surface area contributed by atoms with E-state index in [0.717, 1.165) is 23.5 Å². The Labute approximate surface area is 116 Å². The molecule has 0 bridgehead atoms. The van der Waals surface area contributed by atoms with Gasteiger partial charge in [0.1, 0.15) is 5.82 Å². The summed E-state index contributed by atoms with van der Waals surface area (Å²) >= 11 is 1.66. The van der Waals surface area contributed by atoms with E-state index in [4.69, 9.17) is 0 Å². The molecule has 6 heteroatoms. The molecule has 0 spiro atoms. The third-order valence-corrected chi connectivity index (χ3v) is 3.59. The summed E-state index contributed by atoms with van der Waals surface area (Å²) in [6.45, 7) is 4.40. The van der Waals surface area contributed by atoms with E-state index in [2.05, 4.69) is 20.3 Å². The van der Waals surface area contributed by atoms with Crippen molar-refractivity contribution in [1.82, 2.24) is 20.3 Å². The summed E-state index contributed by atoms with van der Waals surface area (Å²) in [5.74, 6) is 0.533. The zero-order valence-electron chi connectivity index (χ0n) is 11.0. The highest BCUT2D eigenvalue weighted by atomic mass is 32.1. The number of rotatable bonds is 5. The molecule has 100 valence electrons. The molecule has 1 amide bonds. The van der Waals surface area contributed by atoms with Gasteiger partial charge in [0, 0.05) is 36.4 Å². The lowest BCUT2D eigenvalue weighted by atomic mass is 10.3. The van der Waals surface area contributed by atoms with Crippen LogP contribution in [0.3, 0.4) is 0 Å². The number of aromatic nitrogens is 3. The summed E-state index contributed by atoms with van der Waals surface area (Å²) in [6, 6.07) is 0. The number of nitrogens with zero attached hydrogens (tertiary/aromatic N) is 3. The molecular weight excluding hydrogens is 260 g/mol. The first-order chi connectivity index (χ1) is 9.15. The molecule has 1 N–H and O–H groups in total. The van der Waals surface area contributed by atoms with Gasteiger partial charge in [-0.15, -0.1) is 11.3 Å². The first-order valence-electron chi connectivity index (χ1n) is 6.13. The van der Waals surface area contributed by atoms with Crippen LogP contribution in [0.4, 0.5) is 0 Å². The van der Waals surface area contributed by atoms with Gasteiger partial charge >= 0.3 is 0 Å². The third-order valence-electron chi connectivity index (χ3n) is 2.56. The van der Waals surface area contributed by atoms with Gasteiger partial charge in [0.25, 0.3) is 5.91 Å². The van der Waals surface area contributed by atoms with Crippen molar-refractivity contribution in [3.8, 4) is 0 Å². The van der Waals surface area contributed by atoms with Gasteiger partial charge in [0.2, 0.25) is 0 Å². The highest BCUT2D eigenvalue weighted by Gasteiger charge is 2.05. The number of amides is 1. The van der Waals surface area contributed by atoms with Gasteiger partial charge in [-0.1, -0.05) is 0 Å². The van der Waals surface area contributed by atoms with E-state index in [-0.39, 0.29) is 5.91 Å². The second kappa shape index (κ2) is 6.38. The molecule has 2 rings (SSSR count). The van der Waals surface area contributed by atoms with E-state index in [1.807, 2.05) is 12.3 Å². The second-order valence-corrected chi connectivity index (χ2v) is 5.20. The van der Waals surface area contributed by atoms with Crippen molar-refractivity contribution < 1.29 is 4.79 Å². The minimum Gasteiger partial charge on any atom is -0.352 e. The Kier molecular flexibility index (Phi) is 4.57. The number of hydrogen-bond acceptors (Lipinski definition) is 5. The Morgan fingerprint density at radius 2 is 2.05 bits per heavy atom. The van der Waals surface area contributed by atoms with Gasteiger partial charge in [0.15, 0.2) is 0 Å². The molecule has 0 unspecified atom stereocenters. The standard InChI is InChI=1S/C13H16N4OS/c1-9-8-19-12(17-9)4-3-5-14-13(18)11-6-15-10(2)16-7-11/h6-8H,3-5H2,1-2H3,(H,14,18). The van der Waals surface area contributed by atoms with Crippen LogP contribution in [0.5, 0.6) is 0 Å². The molecule has 0 atom stereocenters. The number of thiazole rings is 1. The van der Waals surface area contributed by atoms with Gasteiger partial charge in [-0.05, 0) is 20.3 Å². The molecule has 0 saturated heterocycles. The summed E-state index contributed by atoms with van der Waals surface area (Å²) < 4.78 is 0. The Morgan fingerprint density at radius 1 is 1.32 bits per heavy atom. The molecule has 0 aliphatic carbocycles. The van der Waals surface area contributed by atoms with E-state index in [9.17, 15) is 4.79 Å². The van der Waals surface area contributed by atoms with Crippen molar-refractivity contribution in [2.45, 2.75) is 26.7 Å². The van der Waals surface area contributed by atoms with Crippen LogP contribution in [-0.4, -0.2) is 27.4 Å². The zero-order chi connectivity index (χ0) is 13.7. The zero-order valence-corrected chi connectivity index (χ0v) is 11.8. The van der Waals surface area contributed by atoms with Crippen molar-refractivity contribution in [3.63, 3.8) is 0 Å². The molecular formula is C13H16N4OS. The van der Waals surface area contributed by atoms with Gasteiger partial charge < -0.3 is 5.32 Å². The summed E-state index contributed by atoms with van der Waals surface area (Å²) in [5, 5.41) is 6.01. The highest BCUT2D eigenvalue weighted by molar-refractivity contribution is 7.09. The van der Waals surface area contributed by atoms with Crippen LogP contribution in [0.1, 0.15) is 33.3 Å².